The van der Waals surface area contributed by atoms with E-state index >= 15 is 0 Å². The first-order chi connectivity index (χ1) is 40.3. The minimum atomic E-state index is -1.27. The molecule has 84 heavy (non-hydrogen) atoms. The maximum atomic E-state index is 14.3. The molecule has 26 nitrogen and oxygen atoms in total. The highest BCUT2D eigenvalue weighted by molar-refractivity contribution is 6.06. The predicted octanol–water partition coefficient (Wildman–Crippen LogP) is 3.10. The van der Waals surface area contributed by atoms with Crippen molar-refractivity contribution >= 4 is 75.8 Å². The highest BCUT2D eigenvalue weighted by atomic mass is 16.5. The molecule has 20 N–H and O–H groups in total. The van der Waals surface area contributed by atoms with E-state index in [0.29, 0.717) is 95.3 Å². The second kappa shape index (κ2) is 35.2. The summed E-state index contributed by atoms with van der Waals surface area (Å²) in [4.78, 5) is 107. The van der Waals surface area contributed by atoms with Crippen molar-refractivity contribution in [3.05, 3.63) is 102 Å². The van der Waals surface area contributed by atoms with Gasteiger partial charge in [0, 0.05) is 34.0 Å². The van der Waals surface area contributed by atoms with Crippen LogP contribution in [0.15, 0.2) is 79.4 Å². The summed E-state index contributed by atoms with van der Waals surface area (Å²) < 4.78 is 21.9. The zero-order valence-electron chi connectivity index (χ0n) is 47.8. The molecule has 7 amide bonds. The Hall–Kier alpha value is -8.82. The number of methoxy groups -OCH3 is 3. The van der Waals surface area contributed by atoms with Gasteiger partial charge < -0.3 is 95.7 Å². The van der Waals surface area contributed by atoms with Gasteiger partial charge in [-0.2, -0.15) is 0 Å². The highest BCUT2D eigenvalue weighted by Gasteiger charge is 2.28. The molecule has 4 aromatic carbocycles. The molecule has 456 valence electrons. The number of rotatable bonds is 38. The van der Waals surface area contributed by atoms with Crippen LogP contribution in [0, 0.1) is 0 Å². The van der Waals surface area contributed by atoms with E-state index in [1.807, 2.05) is 0 Å². The van der Waals surface area contributed by atoms with Crippen molar-refractivity contribution in [2.24, 2.45) is 34.4 Å². The molecule has 0 spiro atoms. The maximum Gasteiger partial charge on any atom is 0.341 e. The first kappa shape index (κ1) is 67.7. The number of carboxylic acid groups (broad SMARTS) is 1. The minimum Gasteiger partial charge on any atom is -0.496 e. The average Bonchev–Trinajstić information content (AvgIpc) is 3.48. The molecule has 4 rings (SSSR count). The summed E-state index contributed by atoms with van der Waals surface area (Å²) >= 11 is 0. The fourth-order valence-corrected chi connectivity index (χ4v) is 8.62. The largest absolute Gasteiger partial charge is 0.496 e. The van der Waals surface area contributed by atoms with Gasteiger partial charge in [0.15, 0.2) is 6.61 Å². The first-order valence-corrected chi connectivity index (χ1v) is 27.5. The second-order valence-electron chi connectivity index (χ2n) is 19.4. The van der Waals surface area contributed by atoms with Crippen LogP contribution in [0.3, 0.4) is 0 Å². The van der Waals surface area contributed by atoms with Gasteiger partial charge >= 0.3 is 5.97 Å². The van der Waals surface area contributed by atoms with E-state index in [4.69, 9.17) is 58.5 Å². The summed E-state index contributed by atoms with van der Waals surface area (Å²) in [6.45, 7) is 4.96. The number of ether oxygens (including phenoxy) is 4. The number of carbonyl (C=O) groups excluding carboxylic acids is 7. The molecule has 0 radical (unpaired) electrons. The Bertz CT molecular complexity index is 2920. The van der Waals surface area contributed by atoms with Crippen LogP contribution in [0.2, 0.25) is 0 Å². The number of hydrogen-bond donors (Lipinski definition) is 14. The number of hydrogen-bond acceptors (Lipinski definition) is 18. The fraction of sp³-hybridized carbons (Fsp3) is 0.414. The van der Waals surface area contributed by atoms with Gasteiger partial charge in [0.1, 0.15) is 41.1 Å². The van der Waals surface area contributed by atoms with Crippen LogP contribution in [0.1, 0.15) is 114 Å². The number of primary amides is 1. The standard InChI is InChI=1S/C58H81N13O13/c1-34(65-44(14-6-10-26-60)56(78)68-36-20-24-50(84-33-51(72)73)40(30-36)52(64)74)39-29-35(17-21-47(39)81-2)67-57(79)45(15-7-11-27-61)70-54(76)42-32-38(19-23-49(42)83-4)69-58(80)46(16-8-12-28-62)71-53(75)41-31-37(18-22-48(41)82-3)66-55(77)43(63)13-5-9-25-59/h17-24,29-32,43-46,65H,1,5-16,25-28,33,59-63H2,2-4H3,(H2,64,74)(H,66,77)(H,67,79)(H,68,78)(H,69,80)(H,70,76)(H,71,75)(H,72,73)/t43-,44-,45-,46-/m0/s1. The van der Waals surface area contributed by atoms with Crippen LogP contribution in [-0.2, 0) is 24.0 Å². The van der Waals surface area contributed by atoms with Gasteiger partial charge in [-0.3, -0.25) is 33.6 Å². The van der Waals surface area contributed by atoms with E-state index in [9.17, 15) is 38.4 Å². The molecule has 0 fully saturated rings. The van der Waals surface area contributed by atoms with Crippen molar-refractivity contribution in [2.45, 2.75) is 101 Å². The minimum absolute atomic E-state index is 0.0334. The molecule has 0 aliphatic rings. The lowest BCUT2D eigenvalue weighted by atomic mass is 10.0. The lowest BCUT2D eigenvalue weighted by molar-refractivity contribution is -0.139. The molecule has 0 saturated heterocycles. The maximum absolute atomic E-state index is 14.3. The van der Waals surface area contributed by atoms with Crippen LogP contribution >= 0.6 is 0 Å². The van der Waals surface area contributed by atoms with Crippen molar-refractivity contribution in [1.82, 2.24) is 16.0 Å². The summed E-state index contributed by atoms with van der Waals surface area (Å²) in [6, 6.07) is 13.6. The number of nitrogens with two attached hydrogens (primary N) is 6. The topological polar surface area (TPSA) is 434 Å². The van der Waals surface area contributed by atoms with E-state index in [1.54, 1.807) is 24.3 Å². The third-order valence-electron chi connectivity index (χ3n) is 13.1. The smallest absolute Gasteiger partial charge is 0.341 e. The quantitative estimate of drug-likeness (QED) is 0.0287. The van der Waals surface area contributed by atoms with Gasteiger partial charge in [-0.1, -0.05) is 13.0 Å². The number of carbonyl (C=O) groups is 8. The predicted molar refractivity (Wildman–Crippen MR) is 320 cm³/mol. The third kappa shape index (κ3) is 21.2. The van der Waals surface area contributed by atoms with E-state index < -0.39 is 78.1 Å². The lowest BCUT2D eigenvalue weighted by Gasteiger charge is -2.23. The number of carboxylic acids is 1. The van der Waals surface area contributed by atoms with Gasteiger partial charge in [-0.15, -0.1) is 0 Å². The summed E-state index contributed by atoms with van der Waals surface area (Å²) in [5, 5.41) is 28.9. The number of amides is 7. The van der Waals surface area contributed by atoms with E-state index in [1.165, 1.54) is 69.9 Å². The van der Waals surface area contributed by atoms with Crippen molar-refractivity contribution in [3.8, 4) is 23.0 Å². The first-order valence-electron chi connectivity index (χ1n) is 27.5. The van der Waals surface area contributed by atoms with Crippen LogP contribution in [0.25, 0.3) is 5.70 Å². The van der Waals surface area contributed by atoms with Crippen molar-refractivity contribution < 1.29 is 62.4 Å². The Balaban J connectivity index is 1.55. The van der Waals surface area contributed by atoms with Crippen LogP contribution < -0.4 is 90.6 Å². The second-order valence-corrected chi connectivity index (χ2v) is 19.4. The van der Waals surface area contributed by atoms with Crippen molar-refractivity contribution in [2.75, 3.05) is 75.4 Å². The number of aliphatic carboxylic acids is 1. The third-order valence-corrected chi connectivity index (χ3v) is 13.1. The molecule has 4 aromatic rings. The molecule has 0 unspecified atom stereocenters. The van der Waals surface area contributed by atoms with Gasteiger partial charge in [0.25, 0.3) is 17.7 Å². The molecule has 4 atom stereocenters. The summed E-state index contributed by atoms with van der Waals surface area (Å²) in [7, 11) is 4.16. The molecule has 0 aliphatic heterocycles. The normalized spacial score (nSPS) is 12.2. The highest BCUT2D eigenvalue weighted by Crippen LogP contribution is 2.30. The SMILES string of the molecule is C=C(N[C@@H](CCCCN)C(=O)Nc1ccc(OCC(=O)O)c(C(N)=O)c1)c1cc(NC(=O)[C@H](CCCCN)NC(=O)c2cc(NC(=O)[C@H](CCCCN)NC(=O)c3cc(NC(=O)[C@@H](N)CCCCN)ccc3OC)ccc2OC)ccc1OC. The zero-order chi connectivity index (χ0) is 61.7. The molecular formula is C58H81N13O13. The molecule has 0 bridgehead atoms. The van der Waals surface area contributed by atoms with Crippen molar-refractivity contribution in [3.63, 3.8) is 0 Å². The Morgan fingerprint density at radius 3 is 1.17 bits per heavy atom. The number of unbranched alkanes of at least 4 members (excludes halogenated alkanes) is 4. The molecule has 0 aliphatic carbocycles. The Labute approximate surface area is 488 Å². The van der Waals surface area contributed by atoms with Gasteiger partial charge in [-0.05, 0) is 170 Å². The van der Waals surface area contributed by atoms with Gasteiger partial charge in [0.2, 0.25) is 23.6 Å². The van der Waals surface area contributed by atoms with E-state index in [0.717, 1.165) is 0 Å². The van der Waals surface area contributed by atoms with Crippen LogP contribution in [0.5, 0.6) is 23.0 Å². The van der Waals surface area contributed by atoms with E-state index in [2.05, 4.69) is 43.8 Å². The van der Waals surface area contributed by atoms with Crippen LogP contribution in [0.4, 0.5) is 22.7 Å². The Kier molecular flexibility index (Phi) is 28.4. The number of benzene rings is 4. The van der Waals surface area contributed by atoms with Crippen molar-refractivity contribution in [1.29, 1.82) is 0 Å². The monoisotopic (exact) mass is 1170 g/mol. The van der Waals surface area contributed by atoms with Crippen LogP contribution in [-0.4, -0.2) is 131 Å². The molecular weight excluding hydrogens is 1090 g/mol. The fourth-order valence-electron chi connectivity index (χ4n) is 8.62. The molecule has 0 heterocycles. The summed E-state index contributed by atoms with van der Waals surface area (Å²) in [6.07, 6.45) is 5.52. The number of anilines is 4. The molecule has 0 aromatic heterocycles. The molecule has 0 saturated carbocycles. The lowest BCUT2D eigenvalue weighted by Crippen LogP contribution is -2.44. The summed E-state index contributed by atoms with van der Waals surface area (Å²) in [5.74, 6) is -5.25. The number of nitrogens with one attached hydrogen (secondary N) is 7. The zero-order valence-corrected chi connectivity index (χ0v) is 47.8. The Morgan fingerprint density at radius 2 is 0.798 bits per heavy atom. The van der Waals surface area contributed by atoms with E-state index in [-0.39, 0.29) is 81.6 Å². The Morgan fingerprint density at radius 1 is 0.464 bits per heavy atom. The van der Waals surface area contributed by atoms with Gasteiger partial charge in [0.05, 0.1) is 44.1 Å². The molecule has 26 heteroatoms. The average molecular weight is 1170 g/mol. The summed E-state index contributed by atoms with van der Waals surface area (Å²) in [5.41, 5.74) is 35.9. The van der Waals surface area contributed by atoms with Gasteiger partial charge in [-0.25, -0.2) is 4.79 Å².